The first kappa shape index (κ1) is 14.5. The van der Waals surface area contributed by atoms with Gasteiger partial charge in [-0.1, -0.05) is 15.9 Å². The maximum atomic E-state index is 12.0. The van der Waals surface area contributed by atoms with Crippen LogP contribution in [0.1, 0.15) is 28.8 Å². The summed E-state index contributed by atoms with van der Waals surface area (Å²) in [4.78, 5) is 12.0. The molecule has 1 aliphatic heterocycles. The standard InChI is InChI=1S/C13H16BrNO3S/c1-9-7-10(4-5-12(9)14)13(16)15-8-11-3-2-6-19(11,17)18/h4-5,7,11H,2-3,6,8H2,1H3,(H,15,16). The van der Waals surface area contributed by atoms with E-state index in [-0.39, 0.29) is 18.2 Å². The van der Waals surface area contributed by atoms with E-state index in [1.807, 2.05) is 13.0 Å². The number of carbonyl (C=O) groups excluding carboxylic acids is 1. The minimum absolute atomic E-state index is 0.205. The predicted octanol–water partition coefficient (Wildman–Crippen LogP) is 2.06. The molecule has 0 aliphatic carbocycles. The van der Waals surface area contributed by atoms with Crippen molar-refractivity contribution in [2.24, 2.45) is 0 Å². The van der Waals surface area contributed by atoms with Crippen molar-refractivity contribution in [1.82, 2.24) is 5.32 Å². The molecule has 4 nitrogen and oxygen atoms in total. The Morgan fingerprint density at radius 2 is 2.21 bits per heavy atom. The number of hydrogen-bond donors (Lipinski definition) is 1. The van der Waals surface area contributed by atoms with Crippen molar-refractivity contribution in [3.05, 3.63) is 33.8 Å². The highest BCUT2D eigenvalue weighted by Crippen LogP contribution is 2.20. The number of hydrogen-bond acceptors (Lipinski definition) is 3. The van der Waals surface area contributed by atoms with Crippen molar-refractivity contribution in [2.45, 2.75) is 25.0 Å². The SMILES string of the molecule is Cc1cc(C(=O)NCC2CCCS2(=O)=O)ccc1Br. The molecule has 1 amide bonds. The highest BCUT2D eigenvalue weighted by atomic mass is 79.9. The summed E-state index contributed by atoms with van der Waals surface area (Å²) >= 11 is 3.38. The van der Waals surface area contributed by atoms with Crippen molar-refractivity contribution in [3.8, 4) is 0 Å². The van der Waals surface area contributed by atoms with E-state index in [0.29, 0.717) is 18.4 Å². The summed E-state index contributed by atoms with van der Waals surface area (Å²) in [6, 6.07) is 5.31. The van der Waals surface area contributed by atoms with Crippen LogP contribution in [0.3, 0.4) is 0 Å². The fourth-order valence-corrected chi connectivity index (χ4v) is 4.19. The van der Waals surface area contributed by atoms with Crippen LogP contribution >= 0.6 is 15.9 Å². The summed E-state index contributed by atoms with van der Waals surface area (Å²) in [7, 11) is -3.00. The van der Waals surface area contributed by atoms with E-state index in [0.717, 1.165) is 10.0 Å². The number of halogens is 1. The van der Waals surface area contributed by atoms with Crippen LogP contribution in [0.25, 0.3) is 0 Å². The second kappa shape index (κ2) is 5.63. The number of benzene rings is 1. The summed E-state index contributed by atoms with van der Waals surface area (Å²) in [5.74, 6) is 0.0166. The molecule has 1 saturated heterocycles. The molecule has 1 fully saturated rings. The van der Waals surface area contributed by atoms with Crippen LogP contribution in [0.4, 0.5) is 0 Å². The van der Waals surface area contributed by atoms with Crippen molar-refractivity contribution in [1.29, 1.82) is 0 Å². The van der Waals surface area contributed by atoms with Gasteiger partial charge in [0.15, 0.2) is 9.84 Å². The number of rotatable bonds is 3. The number of carbonyl (C=O) groups is 1. The Morgan fingerprint density at radius 3 is 2.79 bits per heavy atom. The fourth-order valence-electron chi connectivity index (χ4n) is 2.18. The quantitative estimate of drug-likeness (QED) is 0.911. The van der Waals surface area contributed by atoms with Gasteiger partial charge in [-0.05, 0) is 43.5 Å². The summed E-state index contributed by atoms with van der Waals surface area (Å²) in [6.07, 6.45) is 1.34. The van der Waals surface area contributed by atoms with E-state index in [2.05, 4.69) is 21.2 Å². The molecule has 2 rings (SSSR count). The number of sulfone groups is 1. The molecule has 1 unspecified atom stereocenters. The van der Waals surface area contributed by atoms with Crippen LogP contribution in [-0.2, 0) is 9.84 Å². The van der Waals surface area contributed by atoms with E-state index in [1.165, 1.54) is 0 Å². The van der Waals surface area contributed by atoms with Gasteiger partial charge in [0, 0.05) is 16.6 Å². The topological polar surface area (TPSA) is 63.2 Å². The lowest BCUT2D eigenvalue weighted by Crippen LogP contribution is -2.34. The molecule has 0 spiro atoms. The van der Waals surface area contributed by atoms with Gasteiger partial charge in [-0.3, -0.25) is 4.79 Å². The average molecular weight is 346 g/mol. The third-order valence-corrected chi connectivity index (χ3v) is 6.54. The lowest BCUT2D eigenvalue weighted by molar-refractivity contribution is 0.0953. The molecule has 0 aromatic heterocycles. The van der Waals surface area contributed by atoms with E-state index in [9.17, 15) is 13.2 Å². The van der Waals surface area contributed by atoms with Gasteiger partial charge in [0.1, 0.15) is 0 Å². The van der Waals surface area contributed by atoms with Gasteiger partial charge >= 0.3 is 0 Å². The van der Waals surface area contributed by atoms with Crippen LogP contribution in [0.15, 0.2) is 22.7 Å². The molecule has 0 saturated carbocycles. The smallest absolute Gasteiger partial charge is 0.251 e. The lowest BCUT2D eigenvalue weighted by atomic mass is 10.1. The largest absolute Gasteiger partial charge is 0.351 e. The minimum Gasteiger partial charge on any atom is -0.351 e. The number of amides is 1. The van der Waals surface area contributed by atoms with Gasteiger partial charge in [-0.2, -0.15) is 0 Å². The average Bonchev–Trinajstić information content (AvgIpc) is 2.69. The zero-order chi connectivity index (χ0) is 14.0. The van der Waals surface area contributed by atoms with E-state index in [1.54, 1.807) is 12.1 Å². The molecule has 1 aromatic carbocycles. The molecular weight excluding hydrogens is 330 g/mol. The number of aryl methyl sites for hydroxylation is 1. The summed E-state index contributed by atoms with van der Waals surface area (Å²) in [5.41, 5.74) is 1.53. The second-order valence-electron chi connectivity index (χ2n) is 4.81. The molecule has 6 heteroatoms. The monoisotopic (exact) mass is 345 g/mol. The number of nitrogens with one attached hydrogen (secondary N) is 1. The molecule has 1 heterocycles. The maximum Gasteiger partial charge on any atom is 0.251 e. The van der Waals surface area contributed by atoms with Gasteiger partial charge in [-0.25, -0.2) is 8.42 Å². The molecule has 1 aromatic rings. The maximum absolute atomic E-state index is 12.0. The van der Waals surface area contributed by atoms with Gasteiger partial charge in [0.25, 0.3) is 5.91 Å². The molecule has 104 valence electrons. The van der Waals surface area contributed by atoms with E-state index >= 15 is 0 Å². The Labute approximate surface area is 121 Å². The van der Waals surface area contributed by atoms with E-state index < -0.39 is 15.1 Å². The van der Waals surface area contributed by atoms with Crippen LogP contribution in [0.5, 0.6) is 0 Å². The van der Waals surface area contributed by atoms with Gasteiger partial charge < -0.3 is 5.32 Å². The van der Waals surface area contributed by atoms with Gasteiger partial charge in [-0.15, -0.1) is 0 Å². The molecule has 0 radical (unpaired) electrons. The first-order valence-electron chi connectivity index (χ1n) is 6.16. The summed E-state index contributed by atoms with van der Waals surface area (Å²) in [6.45, 7) is 2.11. The van der Waals surface area contributed by atoms with Gasteiger partial charge in [0.2, 0.25) is 0 Å². The zero-order valence-electron chi connectivity index (χ0n) is 10.6. The molecular formula is C13H16BrNO3S. The fraction of sp³-hybridized carbons (Fsp3) is 0.462. The minimum atomic E-state index is -3.00. The third kappa shape index (κ3) is 3.36. The Balaban J connectivity index is 2.00. The van der Waals surface area contributed by atoms with Crippen LogP contribution in [0.2, 0.25) is 0 Å². The van der Waals surface area contributed by atoms with Crippen molar-refractivity contribution in [3.63, 3.8) is 0 Å². The Morgan fingerprint density at radius 1 is 1.47 bits per heavy atom. The summed E-state index contributed by atoms with van der Waals surface area (Å²) in [5, 5.41) is 2.29. The zero-order valence-corrected chi connectivity index (χ0v) is 13.1. The van der Waals surface area contributed by atoms with Crippen LogP contribution in [0, 0.1) is 6.92 Å². The van der Waals surface area contributed by atoms with Gasteiger partial charge in [0.05, 0.1) is 11.0 Å². The first-order valence-corrected chi connectivity index (χ1v) is 8.67. The Hall–Kier alpha value is -0.880. The molecule has 1 N–H and O–H groups in total. The van der Waals surface area contributed by atoms with Crippen molar-refractivity contribution >= 4 is 31.7 Å². The first-order chi connectivity index (χ1) is 8.90. The third-order valence-electron chi connectivity index (χ3n) is 3.37. The predicted molar refractivity (Wildman–Crippen MR) is 78.0 cm³/mol. The van der Waals surface area contributed by atoms with Crippen molar-refractivity contribution in [2.75, 3.05) is 12.3 Å². The molecule has 0 bridgehead atoms. The Bertz CT molecular complexity index is 598. The molecule has 1 aliphatic rings. The highest BCUT2D eigenvalue weighted by molar-refractivity contribution is 9.10. The van der Waals surface area contributed by atoms with Crippen LogP contribution < -0.4 is 5.32 Å². The summed E-state index contributed by atoms with van der Waals surface area (Å²) < 4.78 is 24.3. The molecule has 19 heavy (non-hydrogen) atoms. The van der Waals surface area contributed by atoms with E-state index in [4.69, 9.17) is 0 Å². The Kier molecular flexibility index (Phi) is 4.30. The second-order valence-corrected chi connectivity index (χ2v) is 8.06. The molecule has 1 atom stereocenters. The normalized spacial score (nSPS) is 21.3. The highest BCUT2D eigenvalue weighted by Gasteiger charge is 2.31. The van der Waals surface area contributed by atoms with Crippen LogP contribution in [-0.4, -0.2) is 31.9 Å². The van der Waals surface area contributed by atoms with Crippen molar-refractivity contribution < 1.29 is 13.2 Å². The lowest BCUT2D eigenvalue weighted by Gasteiger charge is -2.11.